The van der Waals surface area contributed by atoms with Crippen molar-refractivity contribution >= 4 is 5.97 Å². The average molecular weight is 248 g/mol. The van der Waals surface area contributed by atoms with E-state index >= 15 is 0 Å². The van der Waals surface area contributed by atoms with Crippen molar-refractivity contribution in [2.24, 2.45) is 16.7 Å². The fourth-order valence-electron chi connectivity index (χ4n) is 3.22. The Hall–Kier alpha value is -1.05. The molecule has 100 valence electrons. The van der Waals surface area contributed by atoms with Gasteiger partial charge in [-0.2, -0.15) is 0 Å². The topological polar surface area (TPSA) is 26.3 Å². The van der Waals surface area contributed by atoms with E-state index in [0.717, 1.165) is 19.3 Å². The Morgan fingerprint density at radius 1 is 1.44 bits per heavy atom. The van der Waals surface area contributed by atoms with E-state index in [1.54, 1.807) is 0 Å². The van der Waals surface area contributed by atoms with Crippen molar-refractivity contribution in [2.45, 2.75) is 53.1 Å². The van der Waals surface area contributed by atoms with Crippen LogP contribution in [-0.2, 0) is 9.53 Å². The van der Waals surface area contributed by atoms with E-state index in [2.05, 4.69) is 40.3 Å². The number of allylic oxidation sites excluding steroid dienone is 1. The van der Waals surface area contributed by atoms with E-state index in [9.17, 15) is 4.79 Å². The molecule has 0 amide bonds. The Bertz CT molecular complexity index is 387. The molecule has 0 heterocycles. The third kappa shape index (κ3) is 2.02. The summed E-state index contributed by atoms with van der Waals surface area (Å²) in [4.78, 5) is 12.2. The maximum atomic E-state index is 12.2. The third-order valence-corrected chi connectivity index (χ3v) is 5.11. The van der Waals surface area contributed by atoms with Gasteiger partial charge in [0.1, 0.15) is 6.10 Å². The molecule has 1 atom stereocenters. The minimum Gasteiger partial charge on any atom is -0.461 e. The molecule has 2 nitrogen and oxygen atoms in total. The van der Waals surface area contributed by atoms with E-state index in [1.807, 2.05) is 6.08 Å². The highest BCUT2D eigenvalue weighted by Gasteiger charge is 2.69. The summed E-state index contributed by atoms with van der Waals surface area (Å²) in [5, 5.41) is 0. The van der Waals surface area contributed by atoms with Crippen LogP contribution in [-0.4, -0.2) is 12.1 Å². The van der Waals surface area contributed by atoms with Crippen LogP contribution in [0.1, 0.15) is 47.0 Å². The zero-order valence-corrected chi connectivity index (χ0v) is 12.0. The van der Waals surface area contributed by atoms with Crippen LogP contribution in [0.4, 0.5) is 0 Å². The lowest BCUT2D eigenvalue weighted by Crippen LogP contribution is -2.19. The molecule has 0 saturated heterocycles. The SMILES string of the molecule is C=CCC1=CC[C@@H](OC(=O)C2C(C)(C)C2(C)C)C1. The molecule has 0 aliphatic heterocycles. The van der Waals surface area contributed by atoms with E-state index in [-0.39, 0.29) is 28.8 Å². The molecule has 0 aromatic heterocycles. The molecule has 2 aliphatic rings. The first kappa shape index (κ1) is 13.4. The molecule has 0 N–H and O–H groups in total. The van der Waals surface area contributed by atoms with Crippen molar-refractivity contribution < 1.29 is 9.53 Å². The molecule has 0 aromatic carbocycles. The number of ether oxygens (including phenoxy) is 1. The second kappa shape index (κ2) is 4.25. The highest BCUT2D eigenvalue weighted by molar-refractivity contribution is 5.79. The molecule has 1 saturated carbocycles. The van der Waals surface area contributed by atoms with Gasteiger partial charge in [0.15, 0.2) is 0 Å². The van der Waals surface area contributed by atoms with Crippen molar-refractivity contribution in [3.05, 3.63) is 24.3 Å². The molecule has 1 fully saturated rings. The van der Waals surface area contributed by atoms with Gasteiger partial charge in [-0.1, -0.05) is 45.4 Å². The minimum atomic E-state index is -0.0109. The van der Waals surface area contributed by atoms with E-state index < -0.39 is 0 Å². The predicted octanol–water partition coefficient (Wildman–Crippen LogP) is 3.88. The smallest absolute Gasteiger partial charge is 0.310 e. The Morgan fingerprint density at radius 3 is 2.56 bits per heavy atom. The molecule has 2 heteroatoms. The van der Waals surface area contributed by atoms with Gasteiger partial charge in [-0.15, -0.1) is 6.58 Å². The maximum absolute atomic E-state index is 12.2. The molecule has 2 rings (SSSR count). The Labute approximate surface area is 110 Å². The zero-order chi connectivity index (χ0) is 13.6. The van der Waals surface area contributed by atoms with Gasteiger partial charge in [0, 0.05) is 12.8 Å². The summed E-state index contributed by atoms with van der Waals surface area (Å²) in [5.74, 6) is 0.0386. The van der Waals surface area contributed by atoms with Crippen molar-refractivity contribution in [3.8, 4) is 0 Å². The van der Waals surface area contributed by atoms with Gasteiger partial charge < -0.3 is 4.74 Å². The Balaban J connectivity index is 1.87. The summed E-state index contributed by atoms with van der Waals surface area (Å²) in [6.45, 7) is 12.3. The van der Waals surface area contributed by atoms with Crippen LogP contribution >= 0.6 is 0 Å². The predicted molar refractivity (Wildman–Crippen MR) is 73.1 cm³/mol. The highest BCUT2D eigenvalue weighted by atomic mass is 16.5. The summed E-state index contributed by atoms with van der Waals surface area (Å²) in [5.41, 5.74) is 1.48. The first-order valence-corrected chi connectivity index (χ1v) is 6.80. The molecule has 0 bridgehead atoms. The summed E-state index contributed by atoms with van der Waals surface area (Å²) in [7, 11) is 0. The van der Waals surface area contributed by atoms with Crippen LogP contribution in [0.15, 0.2) is 24.3 Å². The molecule has 0 aromatic rings. The fraction of sp³-hybridized carbons (Fsp3) is 0.688. The van der Waals surface area contributed by atoms with Crippen LogP contribution in [0, 0.1) is 16.7 Å². The first-order chi connectivity index (χ1) is 8.30. The second-order valence-electron chi connectivity index (χ2n) is 6.73. The second-order valence-corrected chi connectivity index (χ2v) is 6.73. The molecular weight excluding hydrogens is 224 g/mol. The number of rotatable bonds is 4. The van der Waals surface area contributed by atoms with Gasteiger partial charge in [0.25, 0.3) is 0 Å². The molecule has 0 radical (unpaired) electrons. The van der Waals surface area contributed by atoms with Gasteiger partial charge in [-0.05, 0) is 17.3 Å². The number of hydrogen-bond acceptors (Lipinski definition) is 2. The minimum absolute atomic E-state index is 0.0109. The number of carbonyl (C=O) groups is 1. The molecule has 2 aliphatic carbocycles. The fourth-order valence-corrected chi connectivity index (χ4v) is 3.22. The van der Waals surface area contributed by atoms with Gasteiger partial charge >= 0.3 is 5.97 Å². The van der Waals surface area contributed by atoms with Gasteiger partial charge in [0.05, 0.1) is 5.92 Å². The van der Waals surface area contributed by atoms with Crippen LogP contribution in [0.25, 0.3) is 0 Å². The number of esters is 1. The largest absolute Gasteiger partial charge is 0.461 e. The lowest BCUT2D eigenvalue weighted by Gasteiger charge is -2.13. The van der Waals surface area contributed by atoms with Crippen molar-refractivity contribution in [1.29, 1.82) is 0 Å². The van der Waals surface area contributed by atoms with Crippen LogP contribution < -0.4 is 0 Å². The van der Waals surface area contributed by atoms with Crippen LogP contribution in [0.2, 0.25) is 0 Å². The quantitative estimate of drug-likeness (QED) is 0.557. The van der Waals surface area contributed by atoms with Crippen molar-refractivity contribution in [3.63, 3.8) is 0 Å². The summed E-state index contributed by atoms with van der Waals surface area (Å²) >= 11 is 0. The van der Waals surface area contributed by atoms with Crippen molar-refractivity contribution in [1.82, 2.24) is 0 Å². The molecule has 18 heavy (non-hydrogen) atoms. The zero-order valence-electron chi connectivity index (χ0n) is 12.0. The highest BCUT2D eigenvalue weighted by Crippen LogP contribution is 2.68. The molecule has 0 spiro atoms. The Morgan fingerprint density at radius 2 is 2.06 bits per heavy atom. The number of hydrogen-bond donors (Lipinski definition) is 0. The summed E-state index contributed by atoms with van der Waals surface area (Å²) in [6.07, 6.45) is 6.80. The summed E-state index contributed by atoms with van der Waals surface area (Å²) in [6, 6.07) is 0. The lowest BCUT2D eigenvalue weighted by atomic mass is 10.0. The van der Waals surface area contributed by atoms with E-state index in [4.69, 9.17) is 4.74 Å². The average Bonchev–Trinajstić information content (AvgIpc) is 2.59. The van der Waals surface area contributed by atoms with E-state index in [1.165, 1.54) is 5.57 Å². The summed E-state index contributed by atoms with van der Waals surface area (Å²) < 4.78 is 5.66. The lowest BCUT2D eigenvalue weighted by molar-refractivity contribution is -0.151. The van der Waals surface area contributed by atoms with Crippen molar-refractivity contribution in [2.75, 3.05) is 0 Å². The third-order valence-electron chi connectivity index (χ3n) is 5.11. The molecule has 0 unspecified atom stereocenters. The van der Waals surface area contributed by atoms with E-state index in [0.29, 0.717) is 0 Å². The van der Waals surface area contributed by atoms with Gasteiger partial charge in [0.2, 0.25) is 0 Å². The first-order valence-electron chi connectivity index (χ1n) is 6.80. The maximum Gasteiger partial charge on any atom is 0.310 e. The monoisotopic (exact) mass is 248 g/mol. The van der Waals surface area contributed by atoms with Gasteiger partial charge in [-0.25, -0.2) is 0 Å². The number of carbonyl (C=O) groups excluding carboxylic acids is 1. The molecular formula is C16H24O2. The van der Waals surface area contributed by atoms with Gasteiger partial charge in [-0.3, -0.25) is 4.79 Å². The van der Waals surface area contributed by atoms with Crippen LogP contribution in [0.3, 0.4) is 0 Å². The normalized spacial score (nSPS) is 28.7. The standard InChI is InChI=1S/C16H24O2/c1-6-7-11-8-9-12(10-11)18-14(17)13-15(2,3)16(13,4)5/h6,8,12-13H,1,7,9-10H2,2-5H3/t12-/m1/s1. The van der Waals surface area contributed by atoms with Crippen LogP contribution in [0.5, 0.6) is 0 Å². The Kier molecular flexibility index (Phi) is 3.16.